The number of allylic oxidation sites excluding steroid dienone is 1. The average molecular weight is 318 g/mol. The maximum absolute atomic E-state index is 10.2. The SMILES string of the molecule is C=CC.CC1CCC(c2ccc(CO)c(CCOC=O)c2)CC1. The summed E-state index contributed by atoms with van der Waals surface area (Å²) in [6.07, 6.45) is 7.53. The van der Waals surface area contributed by atoms with Crippen molar-refractivity contribution in [2.75, 3.05) is 6.61 Å². The van der Waals surface area contributed by atoms with Gasteiger partial charge in [-0.05, 0) is 48.3 Å². The van der Waals surface area contributed by atoms with Crippen LogP contribution in [0, 0.1) is 5.92 Å². The molecular weight excluding hydrogens is 288 g/mol. The Bertz CT molecular complexity index is 474. The van der Waals surface area contributed by atoms with Crippen molar-refractivity contribution in [3.05, 3.63) is 47.5 Å². The minimum atomic E-state index is 0.0401. The third kappa shape index (κ3) is 6.57. The van der Waals surface area contributed by atoms with Gasteiger partial charge in [0.25, 0.3) is 6.47 Å². The molecule has 0 heterocycles. The van der Waals surface area contributed by atoms with Crippen molar-refractivity contribution >= 4 is 6.47 Å². The average Bonchev–Trinajstić information content (AvgIpc) is 2.56. The molecule has 0 radical (unpaired) electrons. The highest BCUT2D eigenvalue weighted by atomic mass is 16.5. The van der Waals surface area contributed by atoms with Crippen LogP contribution in [0.3, 0.4) is 0 Å². The summed E-state index contributed by atoms with van der Waals surface area (Å²) in [7, 11) is 0. The molecule has 0 saturated heterocycles. The maximum atomic E-state index is 10.2. The lowest BCUT2D eigenvalue weighted by molar-refractivity contribution is -0.128. The van der Waals surface area contributed by atoms with E-state index in [4.69, 9.17) is 4.74 Å². The normalized spacial score (nSPS) is 20.1. The summed E-state index contributed by atoms with van der Waals surface area (Å²) in [5, 5.41) is 9.40. The van der Waals surface area contributed by atoms with Gasteiger partial charge in [-0.3, -0.25) is 4.79 Å². The lowest BCUT2D eigenvalue weighted by atomic mass is 9.79. The van der Waals surface area contributed by atoms with Crippen LogP contribution in [0.4, 0.5) is 0 Å². The molecule has 0 bridgehead atoms. The number of aliphatic hydroxyl groups is 1. The first-order valence-electron chi connectivity index (χ1n) is 8.51. The molecule has 0 aliphatic heterocycles. The summed E-state index contributed by atoms with van der Waals surface area (Å²) >= 11 is 0. The van der Waals surface area contributed by atoms with Gasteiger partial charge in [0.15, 0.2) is 0 Å². The summed E-state index contributed by atoms with van der Waals surface area (Å²) in [6, 6.07) is 6.36. The highest BCUT2D eigenvalue weighted by molar-refractivity contribution is 5.37. The molecule has 128 valence electrons. The van der Waals surface area contributed by atoms with Crippen LogP contribution in [-0.2, 0) is 22.6 Å². The van der Waals surface area contributed by atoms with E-state index in [1.165, 1.54) is 31.2 Å². The molecule has 1 aromatic carbocycles. The molecule has 23 heavy (non-hydrogen) atoms. The largest absolute Gasteiger partial charge is 0.468 e. The summed E-state index contributed by atoms with van der Waals surface area (Å²) in [5.74, 6) is 1.49. The van der Waals surface area contributed by atoms with E-state index in [2.05, 4.69) is 25.6 Å². The first-order chi connectivity index (χ1) is 11.2. The first-order valence-corrected chi connectivity index (χ1v) is 8.51. The molecule has 1 aliphatic rings. The first kappa shape index (κ1) is 19.4. The summed E-state index contributed by atoms with van der Waals surface area (Å²) < 4.78 is 4.77. The van der Waals surface area contributed by atoms with Crippen LogP contribution in [0.5, 0.6) is 0 Å². The van der Waals surface area contributed by atoms with E-state index < -0.39 is 0 Å². The number of hydrogen-bond acceptors (Lipinski definition) is 3. The van der Waals surface area contributed by atoms with Gasteiger partial charge >= 0.3 is 0 Å². The Morgan fingerprint density at radius 2 is 1.91 bits per heavy atom. The van der Waals surface area contributed by atoms with Gasteiger partial charge in [-0.15, -0.1) is 6.58 Å². The van der Waals surface area contributed by atoms with Gasteiger partial charge in [-0.1, -0.05) is 44.0 Å². The second-order valence-electron chi connectivity index (χ2n) is 6.27. The van der Waals surface area contributed by atoms with Crippen molar-refractivity contribution < 1.29 is 14.6 Å². The van der Waals surface area contributed by atoms with Gasteiger partial charge in [0.05, 0.1) is 13.2 Å². The van der Waals surface area contributed by atoms with Gasteiger partial charge in [0.1, 0.15) is 0 Å². The molecule has 3 nitrogen and oxygen atoms in total. The zero-order valence-electron chi connectivity index (χ0n) is 14.5. The topological polar surface area (TPSA) is 46.5 Å². The molecule has 0 unspecified atom stereocenters. The lowest BCUT2D eigenvalue weighted by Gasteiger charge is -2.27. The van der Waals surface area contributed by atoms with Crippen LogP contribution in [0.15, 0.2) is 30.9 Å². The van der Waals surface area contributed by atoms with Crippen molar-refractivity contribution in [1.29, 1.82) is 0 Å². The number of carbonyl (C=O) groups excluding carboxylic acids is 1. The highest BCUT2D eigenvalue weighted by Crippen LogP contribution is 2.36. The molecule has 1 N–H and O–H groups in total. The Kier molecular flexibility index (Phi) is 9.30. The zero-order valence-corrected chi connectivity index (χ0v) is 14.5. The standard InChI is InChI=1S/C17H24O3.C3H6/c1-13-2-4-14(5-3-13)15-6-7-17(11-18)16(10-15)8-9-20-12-19;1-3-2/h6-7,10,12-14,18H,2-5,8-9,11H2,1H3;3H,1H2,2H3. The Morgan fingerprint density at radius 3 is 2.48 bits per heavy atom. The highest BCUT2D eigenvalue weighted by Gasteiger charge is 2.20. The monoisotopic (exact) mass is 318 g/mol. The summed E-state index contributed by atoms with van der Waals surface area (Å²) in [6.45, 7) is 8.47. The van der Waals surface area contributed by atoms with Crippen molar-refractivity contribution in [2.45, 2.75) is 58.5 Å². The van der Waals surface area contributed by atoms with Crippen LogP contribution in [0.2, 0.25) is 0 Å². The molecule has 1 aromatic rings. The fourth-order valence-electron chi connectivity index (χ4n) is 3.10. The summed E-state index contributed by atoms with van der Waals surface area (Å²) in [4.78, 5) is 10.2. The number of aliphatic hydroxyl groups excluding tert-OH is 1. The zero-order chi connectivity index (χ0) is 17.1. The van der Waals surface area contributed by atoms with Crippen LogP contribution >= 0.6 is 0 Å². The molecule has 1 saturated carbocycles. The minimum Gasteiger partial charge on any atom is -0.468 e. The number of carbonyl (C=O) groups is 1. The third-order valence-corrected chi connectivity index (χ3v) is 4.45. The van der Waals surface area contributed by atoms with E-state index >= 15 is 0 Å². The van der Waals surface area contributed by atoms with Crippen LogP contribution in [0.25, 0.3) is 0 Å². The molecule has 1 fully saturated rings. The summed E-state index contributed by atoms with van der Waals surface area (Å²) in [5.41, 5.74) is 3.41. The Labute approximate surface area is 140 Å². The Balaban J connectivity index is 0.000000816. The van der Waals surface area contributed by atoms with Gasteiger partial charge < -0.3 is 9.84 Å². The molecule has 0 atom stereocenters. The fourth-order valence-corrected chi connectivity index (χ4v) is 3.10. The van der Waals surface area contributed by atoms with Crippen molar-refractivity contribution in [1.82, 2.24) is 0 Å². The van der Waals surface area contributed by atoms with Gasteiger partial charge in [-0.2, -0.15) is 0 Å². The second kappa shape index (κ2) is 11.0. The van der Waals surface area contributed by atoms with Crippen molar-refractivity contribution in [3.63, 3.8) is 0 Å². The number of rotatable bonds is 6. The molecule has 1 aliphatic carbocycles. The van der Waals surface area contributed by atoms with Crippen molar-refractivity contribution in [2.24, 2.45) is 5.92 Å². The fraction of sp³-hybridized carbons (Fsp3) is 0.550. The smallest absolute Gasteiger partial charge is 0.293 e. The van der Waals surface area contributed by atoms with E-state index in [1.807, 2.05) is 13.0 Å². The van der Waals surface area contributed by atoms with E-state index in [1.54, 1.807) is 6.08 Å². The number of benzene rings is 1. The molecule has 0 amide bonds. The van der Waals surface area contributed by atoms with E-state index in [9.17, 15) is 9.90 Å². The van der Waals surface area contributed by atoms with Gasteiger partial charge in [-0.25, -0.2) is 0 Å². The lowest BCUT2D eigenvalue weighted by Crippen LogP contribution is -2.11. The van der Waals surface area contributed by atoms with Gasteiger partial charge in [0, 0.05) is 6.42 Å². The molecular formula is C20H30O3. The van der Waals surface area contributed by atoms with Crippen LogP contribution in [0.1, 0.15) is 62.1 Å². The quantitative estimate of drug-likeness (QED) is 0.481. The maximum Gasteiger partial charge on any atom is 0.293 e. The molecule has 0 spiro atoms. The molecule has 2 rings (SSSR count). The predicted octanol–water partition coefficient (Wildman–Crippen LogP) is 4.38. The molecule has 3 heteroatoms. The van der Waals surface area contributed by atoms with E-state index in [0.717, 1.165) is 17.0 Å². The minimum absolute atomic E-state index is 0.0401. The van der Waals surface area contributed by atoms with Gasteiger partial charge in [0.2, 0.25) is 0 Å². The second-order valence-corrected chi connectivity index (χ2v) is 6.27. The van der Waals surface area contributed by atoms with E-state index in [0.29, 0.717) is 25.4 Å². The Hall–Kier alpha value is -1.61. The number of hydrogen-bond donors (Lipinski definition) is 1. The Morgan fingerprint density at radius 1 is 1.26 bits per heavy atom. The van der Waals surface area contributed by atoms with E-state index in [-0.39, 0.29) is 6.61 Å². The number of ether oxygens (including phenoxy) is 1. The van der Waals surface area contributed by atoms with Crippen molar-refractivity contribution in [3.8, 4) is 0 Å². The third-order valence-electron chi connectivity index (χ3n) is 4.45. The predicted molar refractivity (Wildman–Crippen MR) is 94.3 cm³/mol. The van der Waals surface area contributed by atoms with Crippen LogP contribution < -0.4 is 0 Å². The molecule has 0 aromatic heterocycles. The van der Waals surface area contributed by atoms with Crippen LogP contribution in [-0.4, -0.2) is 18.2 Å².